The highest BCUT2D eigenvalue weighted by atomic mass is 19.4. The molecule has 0 aliphatic rings. The maximum atomic E-state index is 12.4. The van der Waals surface area contributed by atoms with Crippen molar-refractivity contribution in [1.82, 2.24) is 9.78 Å². The topological polar surface area (TPSA) is 84.2 Å². The zero-order chi connectivity index (χ0) is 17.0. The standard InChI is InChI=1S/C14H12F3N3O3/c15-14(16,17)10-1-3-11(4-2-10)19-13(23)9-7-18-20(8-9)6-5-12(21)22/h1-4,7-8H,5-6H2,(H,19,23)(H,21,22). The van der Waals surface area contributed by atoms with Gasteiger partial charge >= 0.3 is 12.1 Å². The van der Waals surface area contributed by atoms with Crippen LogP contribution in [0.4, 0.5) is 18.9 Å². The van der Waals surface area contributed by atoms with Gasteiger partial charge in [0, 0.05) is 11.9 Å². The fraction of sp³-hybridized carbons (Fsp3) is 0.214. The Hall–Kier alpha value is -2.84. The number of nitrogens with zero attached hydrogens (tertiary/aromatic N) is 2. The number of benzene rings is 1. The first kappa shape index (κ1) is 16.5. The summed E-state index contributed by atoms with van der Waals surface area (Å²) in [7, 11) is 0. The number of halogens is 3. The summed E-state index contributed by atoms with van der Waals surface area (Å²) < 4.78 is 38.6. The van der Waals surface area contributed by atoms with Crippen molar-refractivity contribution in [1.29, 1.82) is 0 Å². The number of amides is 1. The van der Waals surface area contributed by atoms with Gasteiger partial charge in [-0.1, -0.05) is 0 Å². The second-order valence-corrected chi connectivity index (χ2v) is 4.67. The first-order valence-electron chi connectivity index (χ1n) is 6.48. The summed E-state index contributed by atoms with van der Waals surface area (Å²) in [5.74, 6) is -1.54. The number of aliphatic carboxylic acids is 1. The largest absolute Gasteiger partial charge is 0.481 e. The molecule has 0 radical (unpaired) electrons. The third kappa shape index (κ3) is 4.56. The second-order valence-electron chi connectivity index (χ2n) is 4.67. The molecule has 2 rings (SSSR count). The van der Waals surface area contributed by atoms with Gasteiger partial charge in [-0.05, 0) is 24.3 Å². The van der Waals surface area contributed by atoms with E-state index < -0.39 is 23.6 Å². The minimum Gasteiger partial charge on any atom is -0.481 e. The normalized spacial score (nSPS) is 11.3. The number of alkyl halides is 3. The zero-order valence-corrected chi connectivity index (χ0v) is 11.7. The van der Waals surface area contributed by atoms with Gasteiger partial charge in [0.05, 0.1) is 30.3 Å². The lowest BCUT2D eigenvalue weighted by Crippen LogP contribution is -2.12. The van der Waals surface area contributed by atoms with Crippen molar-refractivity contribution in [3.05, 3.63) is 47.8 Å². The van der Waals surface area contributed by atoms with Crippen LogP contribution in [-0.2, 0) is 17.5 Å². The Morgan fingerprint density at radius 2 is 1.87 bits per heavy atom. The molecule has 0 saturated heterocycles. The molecule has 0 unspecified atom stereocenters. The van der Waals surface area contributed by atoms with Gasteiger partial charge in [0.15, 0.2) is 0 Å². The van der Waals surface area contributed by atoms with E-state index in [1.807, 2.05) is 0 Å². The third-order valence-corrected chi connectivity index (χ3v) is 2.92. The summed E-state index contributed by atoms with van der Waals surface area (Å²) in [5, 5.41) is 14.8. The van der Waals surface area contributed by atoms with Gasteiger partial charge in [0.2, 0.25) is 0 Å². The molecule has 23 heavy (non-hydrogen) atoms. The van der Waals surface area contributed by atoms with Crippen molar-refractivity contribution in [2.75, 3.05) is 5.32 Å². The molecule has 0 atom stereocenters. The lowest BCUT2D eigenvalue weighted by atomic mass is 10.2. The van der Waals surface area contributed by atoms with E-state index in [-0.39, 0.29) is 24.2 Å². The van der Waals surface area contributed by atoms with Crippen molar-refractivity contribution >= 4 is 17.6 Å². The molecule has 122 valence electrons. The van der Waals surface area contributed by atoms with Crippen LogP contribution in [0, 0.1) is 0 Å². The highest BCUT2D eigenvalue weighted by molar-refractivity contribution is 6.03. The first-order chi connectivity index (χ1) is 10.8. The average molecular weight is 327 g/mol. The van der Waals surface area contributed by atoms with Gasteiger partial charge in [-0.15, -0.1) is 0 Å². The van der Waals surface area contributed by atoms with Crippen molar-refractivity contribution in [2.45, 2.75) is 19.1 Å². The van der Waals surface area contributed by atoms with Gasteiger partial charge in [-0.25, -0.2) is 0 Å². The molecule has 1 aromatic carbocycles. The Morgan fingerprint density at radius 3 is 2.43 bits per heavy atom. The van der Waals surface area contributed by atoms with Crippen molar-refractivity contribution in [2.24, 2.45) is 0 Å². The predicted molar refractivity (Wildman–Crippen MR) is 73.9 cm³/mol. The van der Waals surface area contributed by atoms with Crippen LogP contribution in [0.5, 0.6) is 0 Å². The number of hydrogen-bond donors (Lipinski definition) is 2. The fourth-order valence-electron chi connectivity index (χ4n) is 1.76. The Kier molecular flexibility index (Phi) is 4.68. The zero-order valence-electron chi connectivity index (χ0n) is 11.7. The first-order valence-corrected chi connectivity index (χ1v) is 6.48. The number of carbonyl (C=O) groups is 2. The number of carboxylic acid groups (broad SMARTS) is 1. The average Bonchev–Trinajstić information content (AvgIpc) is 2.93. The summed E-state index contributed by atoms with van der Waals surface area (Å²) in [6.45, 7) is 0.114. The molecular formula is C14H12F3N3O3. The van der Waals surface area contributed by atoms with E-state index in [4.69, 9.17) is 5.11 Å². The highest BCUT2D eigenvalue weighted by Crippen LogP contribution is 2.29. The number of rotatable bonds is 5. The van der Waals surface area contributed by atoms with E-state index in [9.17, 15) is 22.8 Å². The van der Waals surface area contributed by atoms with Crippen LogP contribution in [0.2, 0.25) is 0 Å². The summed E-state index contributed by atoms with van der Waals surface area (Å²) in [5.41, 5.74) is -0.423. The van der Waals surface area contributed by atoms with Gasteiger partial charge in [-0.2, -0.15) is 18.3 Å². The molecule has 0 saturated carbocycles. The van der Waals surface area contributed by atoms with Gasteiger partial charge in [0.25, 0.3) is 5.91 Å². The van der Waals surface area contributed by atoms with Crippen molar-refractivity contribution < 1.29 is 27.9 Å². The number of aryl methyl sites for hydroxylation is 1. The van der Waals surface area contributed by atoms with Crippen LogP contribution in [0.15, 0.2) is 36.7 Å². The van der Waals surface area contributed by atoms with E-state index in [0.717, 1.165) is 24.3 Å². The lowest BCUT2D eigenvalue weighted by molar-refractivity contribution is -0.138. The summed E-state index contributed by atoms with van der Waals surface area (Å²) in [6, 6.07) is 4.03. The molecule has 9 heteroatoms. The molecule has 0 fully saturated rings. The lowest BCUT2D eigenvalue weighted by Gasteiger charge is -2.08. The van der Waals surface area contributed by atoms with Crippen LogP contribution in [0.1, 0.15) is 22.3 Å². The summed E-state index contributed by atoms with van der Waals surface area (Å²) >= 11 is 0. The number of nitrogens with one attached hydrogen (secondary N) is 1. The Morgan fingerprint density at radius 1 is 1.22 bits per heavy atom. The maximum absolute atomic E-state index is 12.4. The maximum Gasteiger partial charge on any atom is 0.416 e. The SMILES string of the molecule is O=C(O)CCn1cc(C(=O)Nc2ccc(C(F)(F)F)cc2)cn1. The van der Waals surface area contributed by atoms with Crippen LogP contribution >= 0.6 is 0 Å². The van der Waals surface area contributed by atoms with Gasteiger partial charge in [-0.3, -0.25) is 14.3 Å². The highest BCUT2D eigenvalue weighted by Gasteiger charge is 2.30. The third-order valence-electron chi connectivity index (χ3n) is 2.92. The number of aromatic nitrogens is 2. The Balaban J connectivity index is 2.00. The molecule has 0 bridgehead atoms. The Labute approximate surface area is 128 Å². The van der Waals surface area contributed by atoms with E-state index in [0.29, 0.717) is 0 Å². The molecule has 0 aliphatic heterocycles. The van der Waals surface area contributed by atoms with Gasteiger partial charge in [0.1, 0.15) is 0 Å². The van der Waals surface area contributed by atoms with Crippen LogP contribution in [0.25, 0.3) is 0 Å². The molecule has 2 N–H and O–H groups in total. The van der Waals surface area contributed by atoms with E-state index in [1.54, 1.807) is 0 Å². The summed E-state index contributed by atoms with van der Waals surface area (Å²) in [4.78, 5) is 22.4. The molecule has 1 heterocycles. The number of hydrogen-bond acceptors (Lipinski definition) is 3. The minimum absolute atomic E-state index is 0.114. The van der Waals surface area contributed by atoms with Crippen molar-refractivity contribution in [3.8, 4) is 0 Å². The van der Waals surface area contributed by atoms with Crippen LogP contribution < -0.4 is 5.32 Å². The molecular weight excluding hydrogens is 315 g/mol. The van der Waals surface area contributed by atoms with Crippen molar-refractivity contribution in [3.63, 3.8) is 0 Å². The molecule has 1 aromatic heterocycles. The second kappa shape index (κ2) is 6.51. The molecule has 2 aromatic rings. The monoisotopic (exact) mass is 327 g/mol. The molecule has 0 aliphatic carbocycles. The summed E-state index contributed by atoms with van der Waals surface area (Å²) in [6.07, 6.45) is -1.96. The Bertz CT molecular complexity index is 708. The fourth-order valence-corrected chi connectivity index (χ4v) is 1.76. The quantitative estimate of drug-likeness (QED) is 0.884. The van der Waals surface area contributed by atoms with Crippen LogP contribution in [-0.4, -0.2) is 26.8 Å². The molecule has 6 nitrogen and oxygen atoms in total. The molecule has 0 spiro atoms. The van der Waals surface area contributed by atoms with E-state index in [1.165, 1.54) is 17.1 Å². The number of carbonyl (C=O) groups excluding carboxylic acids is 1. The predicted octanol–water partition coefficient (Wildman–Crippen LogP) is 2.63. The van der Waals surface area contributed by atoms with E-state index >= 15 is 0 Å². The molecule has 1 amide bonds. The number of carboxylic acids is 1. The smallest absolute Gasteiger partial charge is 0.416 e. The number of anilines is 1. The van der Waals surface area contributed by atoms with E-state index in [2.05, 4.69) is 10.4 Å². The van der Waals surface area contributed by atoms with Crippen LogP contribution in [0.3, 0.4) is 0 Å². The van der Waals surface area contributed by atoms with Gasteiger partial charge < -0.3 is 10.4 Å². The minimum atomic E-state index is -4.44.